The van der Waals surface area contributed by atoms with Gasteiger partial charge in [-0.05, 0) is 18.2 Å². The van der Waals surface area contributed by atoms with Crippen LogP contribution >= 0.6 is 11.6 Å². The average molecular weight is 277 g/mol. The molecule has 1 aliphatic heterocycles. The second-order valence-electron chi connectivity index (χ2n) is 4.27. The Labute approximate surface area is 113 Å². The summed E-state index contributed by atoms with van der Waals surface area (Å²) in [6, 6.07) is 4.82. The molecule has 7 heteroatoms. The number of aromatic nitrogens is 3. The van der Waals surface area contributed by atoms with E-state index < -0.39 is 11.7 Å². The van der Waals surface area contributed by atoms with Crippen molar-refractivity contribution in [2.75, 3.05) is 4.90 Å². The fourth-order valence-corrected chi connectivity index (χ4v) is 2.23. The first-order valence-electron chi connectivity index (χ1n) is 5.57. The van der Waals surface area contributed by atoms with Crippen LogP contribution in [-0.4, -0.2) is 26.7 Å². The van der Waals surface area contributed by atoms with Crippen LogP contribution in [0.2, 0.25) is 5.02 Å². The number of amides is 1. The first-order chi connectivity index (χ1) is 9.06. The Balaban J connectivity index is 1.99. The predicted molar refractivity (Wildman–Crippen MR) is 68.0 cm³/mol. The molecular formula is C12H9ClN4O2. The van der Waals surface area contributed by atoms with Gasteiger partial charge in [-0.15, -0.1) is 5.10 Å². The molecule has 0 saturated heterocycles. The number of anilines is 1. The molecule has 6 nitrogen and oxygen atoms in total. The highest BCUT2D eigenvalue weighted by molar-refractivity contribution is 6.52. The van der Waals surface area contributed by atoms with Crippen molar-refractivity contribution in [1.82, 2.24) is 15.0 Å². The first-order valence-corrected chi connectivity index (χ1v) is 5.95. The van der Waals surface area contributed by atoms with Crippen molar-refractivity contribution in [3.8, 4) is 0 Å². The summed E-state index contributed by atoms with van der Waals surface area (Å²) in [6.07, 6.45) is 1.70. The summed E-state index contributed by atoms with van der Waals surface area (Å²) in [5.41, 5.74) is 1.51. The molecule has 96 valence electrons. The van der Waals surface area contributed by atoms with Gasteiger partial charge in [0.15, 0.2) is 0 Å². The van der Waals surface area contributed by atoms with Crippen LogP contribution in [0.1, 0.15) is 16.1 Å². The summed E-state index contributed by atoms with van der Waals surface area (Å²) in [4.78, 5) is 25.2. The molecule has 0 bridgehead atoms. The van der Waals surface area contributed by atoms with Crippen molar-refractivity contribution in [2.45, 2.75) is 6.54 Å². The summed E-state index contributed by atoms with van der Waals surface area (Å²) in [7, 11) is 1.74. The van der Waals surface area contributed by atoms with E-state index in [0.717, 1.165) is 0 Å². The van der Waals surface area contributed by atoms with Gasteiger partial charge < -0.3 is 0 Å². The quantitative estimate of drug-likeness (QED) is 0.773. The van der Waals surface area contributed by atoms with Crippen LogP contribution in [0.3, 0.4) is 0 Å². The third-order valence-corrected chi connectivity index (χ3v) is 3.14. The highest BCUT2D eigenvalue weighted by atomic mass is 35.5. The van der Waals surface area contributed by atoms with E-state index in [4.69, 9.17) is 11.6 Å². The van der Waals surface area contributed by atoms with E-state index in [0.29, 0.717) is 22.0 Å². The van der Waals surface area contributed by atoms with E-state index in [1.165, 1.54) is 11.0 Å². The number of carbonyl (C=O) groups is 2. The van der Waals surface area contributed by atoms with Crippen LogP contribution in [0, 0.1) is 0 Å². The zero-order valence-electron chi connectivity index (χ0n) is 10.00. The smallest absolute Gasteiger partial charge is 0.299 e. The van der Waals surface area contributed by atoms with Gasteiger partial charge in [0.05, 0.1) is 17.8 Å². The van der Waals surface area contributed by atoms with Gasteiger partial charge in [0.1, 0.15) is 5.69 Å². The number of halogens is 1. The Bertz CT molecular complexity index is 695. The Hall–Kier alpha value is -2.21. The van der Waals surface area contributed by atoms with Crippen molar-refractivity contribution < 1.29 is 9.59 Å². The molecule has 1 aromatic heterocycles. The maximum Gasteiger partial charge on any atom is 0.299 e. The molecule has 19 heavy (non-hydrogen) atoms. The lowest BCUT2D eigenvalue weighted by Gasteiger charge is -2.14. The average Bonchev–Trinajstić information content (AvgIpc) is 2.88. The maximum atomic E-state index is 12.0. The fourth-order valence-electron chi connectivity index (χ4n) is 2.06. The number of benzene rings is 1. The van der Waals surface area contributed by atoms with Crippen molar-refractivity contribution in [2.24, 2.45) is 7.05 Å². The van der Waals surface area contributed by atoms with Gasteiger partial charge in [-0.1, -0.05) is 16.8 Å². The second kappa shape index (κ2) is 4.17. The van der Waals surface area contributed by atoms with E-state index in [9.17, 15) is 9.59 Å². The molecule has 1 aromatic carbocycles. The number of nitrogens with zero attached hydrogens (tertiary/aromatic N) is 4. The zero-order valence-corrected chi connectivity index (χ0v) is 10.8. The molecule has 0 spiro atoms. The van der Waals surface area contributed by atoms with Gasteiger partial charge >= 0.3 is 0 Å². The molecule has 0 aliphatic carbocycles. The molecule has 3 rings (SSSR count). The largest absolute Gasteiger partial charge is 0.299 e. The molecule has 2 aromatic rings. The van der Waals surface area contributed by atoms with Crippen molar-refractivity contribution in [3.63, 3.8) is 0 Å². The third kappa shape index (κ3) is 1.90. The summed E-state index contributed by atoms with van der Waals surface area (Å²) in [6.45, 7) is 0.215. The molecule has 0 N–H and O–H groups in total. The van der Waals surface area contributed by atoms with Crippen LogP contribution in [0.25, 0.3) is 0 Å². The molecule has 0 saturated carbocycles. The van der Waals surface area contributed by atoms with E-state index in [1.807, 2.05) is 0 Å². The topological polar surface area (TPSA) is 68.1 Å². The van der Waals surface area contributed by atoms with Crippen molar-refractivity contribution >= 4 is 29.0 Å². The monoisotopic (exact) mass is 276 g/mol. The van der Waals surface area contributed by atoms with Crippen LogP contribution in [0.15, 0.2) is 24.4 Å². The number of hydrogen-bond acceptors (Lipinski definition) is 4. The summed E-state index contributed by atoms with van der Waals surface area (Å²) in [5, 5.41) is 8.14. The molecule has 0 fully saturated rings. The summed E-state index contributed by atoms with van der Waals surface area (Å²) in [5.74, 6) is -1.11. The molecular weight excluding hydrogens is 268 g/mol. The Morgan fingerprint density at radius 3 is 2.79 bits per heavy atom. The lowest BCUT2D eigenvalue weighted by Crippen LogP contribution is -2.29. The van der Waals surface area contributed by atoms with Gasteiger partial charge in [0.2, 0.25) is 0 Å². The second-order valence-corrected chi connectivity index (χ2v) is 4.70. The lowest BCUT2D eigenvalue weighted by atomic mass is 10.1. The Kier molecular flexibility index (Phi) is 2.60. The normalized spacial score (nSPS) is 14.1. The Morgan fingerprint density at radius 1 is 1.32 bits per heavy atom. The van der Waals surface area contributed by atoms with Crippen LogP contribution in [0.5, 0.6) is 0 Å². The minimum Gasteiger partial charge on any atom is -0.299 e. The zero-order chi connectivity index (χ0) is 13.6. The molecule has 2 heterocycles. The summed E-state index contributed by atoms with van der Waals surface area (Å²) < 4.78 is 1.54. The number of aryl methyl sites for hydroxylation is 1. The van der Waals surface area contributed by atoms with Gasteiger partial charge in [-0.25, -0.2) is 0 Å². The van der Waals surface area contributed by atoms with E-state index in [-0.39, 0.29) is 6.54 Å². The maximum absolute atomic E-state index is 12.0. The van der Waals surface area contributed by atoms with Crippen molar-refractivity contribution in [1.29, 1.82) is 0 Å². The van der Waals surface area contributed by atoms with Gasteiger partial charge in [0.25, 0.3) is 11.7 Å². The highest BCUT2D eigenvalue weighted by Crippen LogP contribution is 2.32. The lowest BCUT2D eigenvalue weighted by molar-refractivity contribution is -0.114. The summed E-state index contributed by atoms with van der Waals surface area (Å²) >= 11 is 5.84. The third-order valence-electron chi connectivity index (χ3n) is 2.90. The van der Waals surface area contributed by atoms with Crippen LogP contribution in [-0.2, 0) is 18.4 Å². The van der Waals surface area contributed by atoms with Crippen molar-refractivity contribution in [3.05, 3.63) is 40.7 Å². The number of fused-ring (bicyclic) bond motifs is 1. The minimum atomic E-state index is -0.567. The number of carbonyl (C=O) groups excluding carboxylic acids is 2. The van der Waals surface area contributed by atoms with Gasteiger partial charge in [-0.2, -0.15) is 0 Å². The number of ketones is 1. The van der Waals surface area contributed by atoms with E-state index in [1.54, 1.807) is 30.1 Å². The number of rotatable bonds is 2. The van der Waals surface area contributed by atoms with E-state index >= 15 is 0 Å². The van der Waals surface area contributed by atoms with Gasteiger partial charge in [-0.3, -0.25) is 19.2 Å². The predicted octanol–water partition coefficient (Wildman–Crippen LogP) is 1.20. The van der Waals surface area contributed by atoms with Gasteiger partial charge in [0, 0.05) is 18.3 Å². The SMILES string of the molecule is Cn1cc(CN2C(=O)C(=O)c3cc(Cl)ccc32)nn1. The Morgan fingerprint density at radius 2 is 2.11 bits per heavy atom. The standard InChI is InChI=1S/C12H9ClN4O2/c1-16-5-8(14-15-16)6-17-10-3-2-7(13)4-9(10)11(18)12(17)19/h2-5H,6H2,1H3. The molecule has 1 amide bonds. The number of Topliss-reactive ketones (excluding diaryl/α,β-unsaturated/α-hetero) is 1. The number of hydrogen-bond donors (Lipinski definition) is 0. The molecule has 0 atom stereocenters. The van der Waals surface area contributed by atoms with Crippen LogP contribution < -0.4 is 4.90 Å². The highest BCUT2D eigenvalue weighted by Gasteiger charge is 2.36. The molecule has 1 aliphatic rings. The minimum absolute atomic E-state index is 0.215. The van der Waals surface area contributed by atoms with Crippen LogP contribution in [0.4, 0.5) is 5.69 Å². The molecule has 0 unspecified atom stereocenters. The molecule has 0 radical (unpaired) electrons. The van der Waals surface area contributed by atoms with E-state index in [2.05, 4.69) is 10.3 Å². The fraction of sp³-hybridized carbons (Fsp3) is 0.167. The first kappa shape index (κ1) is 11.9.